The van der Waals surface area contributed by atoms with E-state index >= 15 is 0 Å². The van der Waals surface area contributed by atoms with E-state index in [-0.39, 0.29) is 17.6 Å². The van der Waals surface area contributed by atoms with Crippen LogP contribution in [-0.2, 0) is 4.74 Å². The molecule has 0 unspecified atom stereocenters. The van der Waals surface area contributed by atoms with E-state index in [1.54, 1.807) is 0 Å². The van der Waals surface area contributed by atoms with Gasteiger partial charge in [-0.3, -0.25) is 9.78 Å². The summed E-state index contributed by atoms with van der Waals surface area (Å²) in [4.78, 5) is 33.4. The van der Waals surface area contributed by atoms with Gasteiger partial charge in [-0.1, -0.05) is 0 Å². The first-order valence-corrected chi connectivity index (χ1v) is 5.97. The molecular formula is C11H11FN4O4. The minimum atomic E-state index is -1.39. The van der Waals surface area contributed by atoms with Crippen LogP contribution in [0, 0.1) is 0 Å². The van der Waals surface area contributed by atoms with Crippen LogP contribution in [0.4, 0.5) is 4.39 Å². The lowest BCUT2D eigenvalue weighted by molar-refractivity contribution is -0.0339. The molecule has 1 aliphatic heterocycles. The molecule has 0 aromatic carbocycles. The van der Waals surface area contributed by atoms with Gasteiger partial charge < -0.3 is 9.84 Å². The van der Waals surface area contributed by atoms with Gasteiger partial charge in [0.25, 0.3) is 5.56 Å². The van der Waals surface area contributed by atoms with Crippen LogP contribution in [-0.4, -0.2) is 43.5 Å². The third kappa shape index (κ3) is 1.91. The van der Waals surface area contributed by atoms with Gasteiger partial charge in [0.05, 0.1) is 6.61 Å². The van der Waals surface area contributed by atoms with Gasteiger partial charge in [-0.2, -0.15) is 0 Å². The Morgan fingerprint density at radius 3 is 2.90 bits per heavy atom. The van der Waals surface area contributed by atoms with E-state index in [4.69, 9.17) is 9.84 Å². The molecule has 0 radical (unpaired) electrons. The summed E-state index contributed by atoms with van der Waals surface area (Å²) < 4.78 is 20.0. The van der Waals surface area contributed by atoms with E-state index in [9.17, 15) is 14.0 Å². The molecule has 0 amide bonds. The van der Waals surface area contributed by atoms with E-state index in [2.05, 4.69) is 15.0 Å². The van der Waals surface area contributed by atoms with E-state index in [0.717, 1.165) is 4.57 Å². The van der Waals surface area contributed by atoms with Gasteiger partial charge in [-0.05, 0) is 0 Å². The number of hydrogen-bond donors (Lipinski definition) is 2. The SMILES string of the molecule is O=c1[nH]c(=O)n([C@H]2C[C@H](F)[C@@H](CO)O2)c2nccnc12. The summed E-state index contributed by atoms with van der Waals surface area (Å²) in [7, 11) is 0. The number of aromatic amines is 1. The van der Waals surface area contributed by atoms with Crippen molar-refractivity contribution in [1.29, 1.82) is 0 Å². The number of aliphatic hydroxyl groups is 1. The molecule has 2 N–H and O–H groups in total. The lowest BCUT2D eigenvalue weighted by Gasteiger charge is -2.15. The van der Waals surface area contributed by atoms with Crippen molar-refractivity contribution < 1.29 is 14.2 Å². The summed E-state index contributed by atoms with van der Waals surface area (Å²) in [5, 5.41) is 8.99. The van der Waals surface area contributed by atoms with Crippen molar-refractivity contribution in [3.05, 3.63) is 33.2 Å². The Labute approximate surface area is 110 Å². The number of halogens is 1. The van der Waals surface area contributed by atoms with E-state index in [1.165, 1.54) is 12.4 Å². The fourth-order valence-corrected chi connectivity index (χ4v) is 2.26. The Kier molecular flexibility index (Phi) is 3.07. The highest BCUT2D eigenvalue weighted by atomic mass is 19.1. The molecule has 1 saturated heterocycles. The molecule has 2 aromatic rings. The molecule has 0 saturated carbocycles. The van der Waals surface area contributed by atoms with E-state index in [0.29, 0.717) is 0 Å². The predicted octanol–water partition coefficient (Wildman–Crippen LogP) is -0.902. The zero-order chi connectivity index (χ0) is 14.3. The molecule has 1 fully saturated rings. The third-order valence-corrected chi connectivity index (χ3v) is 3.19. The fraction of sp³-hybridized carbons (Fsp3) is 0.455. The number of nitrogens with zero attached hydrogens (tertiary/aromatic N) is 3. The average Bonchev–Trinajstić information content (AvgIpc) is 2.80. The number of aromatic nitrogens is 4. The highest BCUT2D eigenvalue weighted by molar-refractivity contribution is 5.67. The van der Waals surface area contributed by atoms with Gasteiger partial charge in [-0.25, -0.2) is 23.7 Å². The number of hydrogen-bond acceptors (Lipinski definition) is 6. The Morgan fingerprint density at radius 2 is 2.20 bits per heavy atom. The monoisotopic (exact) mass is 282 g/mol. The van der Waals surface area contributed by atoms with Gasteiger partial charge in [0.2, 0.25) is 0 Å². The standard InChI is InChI=1S/C11H11FN4O4/c12-5-3-7(20-6(5)4-17)16-9-8(13-1-2-14-9)10(18)15-11(16)19/h1-2,5-7,17H,3-4H2,(H,15,18,19)/t5-,6+,7+/m0/s1. The molecular weight excluding hydrogens is 271 g/mol. The number of ether oxygens (including phenoxy) is 1. The van der Waals surface area contributed by atoms with Crippen molar-refractivity contribution in [3.63, 3.8) is 0 Å². The summed E-state index contributed by atoms with van der Waals surface area (Å²) in [5.74, 6) is 0. The van der Waals surface area contributed by atoms with Crippen LogP contribution in [0.1, 0.15) is 12.6 Å². The second kappa shape index (κ2) is 4.76. The smallest absolute Gasteiger partial charge is 0.332 e. The Hall–Kier alpha value is -2.13. The van der Waals surface area contributed by atoms with E-state index < -0.39 is 36.4 Å². The molecule has 0 bridgehead atoms. The zero-order valence-electron chi connectivity index (χ0n) is 10.2. The van der Waals surface area contributed by atoms with Crippen molar-refractivity contribution >= 4 is 11.2 Å². The molecule has 3 heterocycles. The number of aliphatic hydroxyl groups excluding tert-OH is 1. The minimum Gasteiger partial charge on any atom is -0.394 e. The summed E-state index contributed by atoms with van der Waals surface area (Å²) in [6.45, 7) is -0.487. The summed E-state index contributed by atoms with van der Waals surface area (Å²) in [5.41, 5.74) is -1.42. The lowest BCUT2D eigenvalue weighted by atomic mass is 10.2. The zero-order valence-corrected chi connectivity index (χ0v) is 10.2. The molecule has 20 heavy (non-hydrogen) atoms. The largest absolute Gasteiger partial charge is 0.394 e. The molecule has 8 nitrogen and oxygen atoms in total. The van der Waals surface area contributed by atoms with Crippen LogP contribution in [0.3, 0.4) is 0 Å². The fourth-order valence-electron chi connectivity index (χ4n) is 2.26. The van der Waals surface area contributed by atoms with Crippen molar-refractivity contribution in [2.24, 2.45) is 0 Å². The van der Waals surface area contributed by atoms with Crippen LogP contribution in [0.25, 0.3) is 11.2 Å². The third-order valence-electron chi connectivity index (χ3n) is 3.19. The van der Waals surface area contributed by atoms with Gasteiger partial charge in [0, 0.05) is 18.8 Å². The molecule has 106 valence electrons. The quantitative estimate of drug-likeness (QED) is 0.738. The molecule has 0 spiro atoms. The van der Waals surface area contributed by atoms with Crippen molar-refractivity contribution in [2.75, 3.05) is 6.61 Å². The number of alkyl halides is 1. The molecule has 9 heteroatoms. The Morgan fingerprint density at radius 1 is 1.45 bits per heavy atom. The number of rotatable bonds is 2. The maximum atomic E-state index is 13.6. The van der Waals surface area contributed by atoms with Gasteiger partial charge in [-0.15, -0.1) is 0 Å². The number of H-pyrrole nitrogens is 1. The first-order valence-electron chi connectivity index (χ1n) is 5.97. The minimum absolute atomic E-state index is 0.0250. The molecule has 0 aliphatic carbocycles. The normalized spacial score (nSPS) is 26.2. The first kappa shape index (κ1) is 12.9. The predicted molar refractivity (Wildman–Crippen MR) is 64.9 cm³/mol. The summed E-state index contributed by atoms with van der Waals surface area (Å²) in [6, 6.07) is 0. The van der Waals surface area contributed by atoms with Crippen LogP contribution in [0.2, 0.25) is 0 Å². The second-order valence-electron chi connectivity index (χ2n) is 4.42. The van der Waals surface area contributed by atoms with Crippen molar-refractivity contribution in [1.82, 2.24) is 19.5 Å². The van der Waals surface area contributed by atoms with Gasteiger partial charge >= 0.3 is 5.69 Å². The van der Waals surface area contributed by atoms with Gasteiger partial charge in [0.1, 0.15) is 18.5 Å². The maximum absolute atomic E-state index is 13.6. The van der Waals surface area contributed by atoms with Crippen LogP contribution >= 0.6 is 0 Å². The molecule has 3 rings (SSSR count). The summed E-state index contributed by atoms with van der Waals surface area (Å²) in [6.07, 6.45) is -0.797. The van der Waals surface area contributed by atoms with Gasteiger partial charge in [0.15, 0.2) is 11.2 Å². The Bertz CT molecular complexity index is 758. The first-order chi connectivity index (χ1) is 9.61. The highest BCUT2D eigenvalue weighted by Crippen LogP contribution is 2.30. The van der Waals surface area contributed by atoms with E-state index in [1.807, 2.05) is 0 Å². The maximum Gasteiger partial charge on any atom is 0.332 e. The lowest BCUT2D eigenvalue weighted by Crippen LogP contribution is -2.34. The second-order valence-corrected chi connectivity index (χ2v) is 4.42. The van der Waals surface area contributed by atoms with Crippen molar-refractivity contribution in [2.45, 2.75) is 24.9 Å². The van der Waals surface area contributed by atoms with Crippen molar-refractivity contribution in [3.8, 4) is 0 Å². The topological polar surface area (TPSA) is 110 Å². The van der Waals surface area contributed by atoms with Crippen LogP contribution in [0.15, 0.2) is 22.0 Å². The van der Waals surface area contributed by atoms with Crippen LogP contribution in [0.5, 0.6) is 0 Å². The number of nitrogens with one attached hydrogen (secondary N) is 1. The molecule has 1 aliphatic rings. The summed E-state index contributed by atoms with van der Waals surface area (Å²) >= 11 is 0. The highest BCUT2D eigenvalue weighted by Gasteiger charge is 2.37. The molecule has 3 atom stereocenters. The Balaban J connectivity index is 2.18. The van der Waals surface area contributed by atoms with Crippen LogP contribution < -0.4 is 11.2 Å². The average molecular weight is 282 g/mol. The molecule has 2 aromatic heterocycles. The number of fused-ring (bicyclic) bond motifs is 1.